The summed E-state index contributed by atoms with van der Waals surface area (Å²) in [7, 11) is 1.36. The number of nitrogens with one attached hydrogen (secondary N) is 2. The molecule has 3 N–H and O–H groups in total. The number of hydrogen-bond donors (Lipinski definition) is 3. The third kappa shape index (κ3) is 5.02. The molecule has 0 saturated heterocycles. The van der Waals surface area contributed by atoms with Crippen LogP contribution in [-0.4, -0.2) is 30.3 Å². The maximum absolute atomic E-state index is 14.4. The van der Waals surface area contributed by atoms with Crippen LogP contribution in [0.3, 0.4) is 0 Å². The van der Waals surface area contributed by atoms with Gasteiger partial charge in [0.2, 0.25) is 0 Å². The van der Waals surface area contributed by atoms with E-state index in [0.29, 0.717) is 9.86 Å². The third-order valence-corrected chi connectivity index (χ3v) is 5.00. The maximum atomic E-state index is 14.4. The van der Waals surface area contributed by atoms with Crippen LogP contribution in [0.25, 0.3) is 0 Å². The predicted molar refractivity (Wildman–Crippen MR) is 121 cm³/mol. The number of halogens is 3. The number of carbonyl (C=O) groups is 3. The number of aldehydes is 1. The number of benzene rings is 3. The van der Waals surface area contributed by atoms with Crippen LogP contribution < -0.4 is 15.4 Å². The van der Waals surface area contributed by atoms with E-state index in [2.05, 4.69) is 10.6 Å². The van der Waals surface area contributed by atoms with Crippen molar-refractivity contribution in [2.75, 3.05) is 12.4 Å². The van der Waals surface area contributed by atoms with Crippen LogP contribution in [0.5, 0.6) is 11.5 Å². The van der Waals surface area contributed by atoms with Gasteiger partial charge < -0.3 is 20.5 Å². The quantitative estimate of drug-likeness (QED) is 0.283. The molecular formula is C22H15F2IN2O5. The molecule has 0 aromatic heterocycles. The summed E-state index contributed by atoms with van der Waals surface area (Å²) < 4.78 is 35.0. The van der Waals surface area contributed by atoms with Crippen LogP contribution in [0.4, 0.5) is 20.2 Å². The van der Waals surface area contributed by atoms with E-state index in [9.17, 15) is 23.2 Å². The average Bonchev–Trinajstić information content (AvgIpc) is 2.74. The molecule has 0 saturated carbocycles. The summed E-state index contributed by atoms with van der Waals surface area (Å²) in [5.74, 6) is -3.56. The lowest BCUT2D eigenvalue weighted by atomic mass is 10.1. The summed E-state index contributed by atoms with van der Waals surface area (Å²) in [5.41, 5.74) is -0.568. The highest BCUT2D eigenvalue weighted by Gasteiger charge is 2.21. The minimum atomic E-state index is -1.30. The molecule has 0 aliphatic carbocycles. The summed E-state index contributed by atoms with van der Waals surface area (Å²) >= 11 is 1.94. The Balaban J connectivity index is 2.09. The van der Waals surface area contributed by atoms with Crippen molar-refractivity contribution in [3.63, 3.8) is 0 Å². The van der Waals surface area contributed by atoms with Crippen molar-refractivity contribution in [3.05, 3.63) is 80.4 Å². The maximum Gasteiger partial charge on any atom is 0.336 e. The van der Waals surface area contributed by atoms with Crippen molar-refractivity contribution in [1.29, 1.82) is 0 Å². The zero-order valence-corrected chi connectivity index (χ0v) is 18.6. The lowest BCUT2D eigenvalue weighted by Gasteiger charge is -2.17. The first kappa shape index (κ1) is 23.1. The van der Waals surface area contributed by atoms with Gasteiger partial charge in [-0.25, -0.2) is 13.6 Å². The molecule has 0 spiro atoms. The van der Waals surface area contributed by atoms with E-state index in [-0.39, 0.29) is 39.6 Å². The Morgan fingerprint density at radius 2 is 1.81 bits per heavy atom. The van der Waals surface area contributed by atoms with Gasteiger partial charge in [-0.15, -0.1) is 0 Å². The fraction of sp³-hybridized carbons (Fsp3) is 0.0455. The first-order valence-corrected chi connectivity index (χ1v) is 10.1. The number of amides is 1. The molecule has 0 aliphatic heterocycles. The number of hydrogen-bond acceptors (Lipinski definition) is 5. The first-order valence-electron chi connectivity index (χ1n) is 9.01. The van der Waals surface area contributed by atoms with Gasteiger partial charge in [-0.05, 0) is 65.1 Å². The molecule has 3 rings (SSSR count). The molecule has 164 valence electrons. The zero-order valence-electron chi connectivity index (χ0n) is 16.4. The Labute approximate surface area is 194 Å². The van der Waals surface area contributed by atoms with Crippen molar-refractivity contribution in [2.45, 2.75) is 0 Å². The van der Waals surface area contributed by atoms with Crippen LogP contribution in [0.15, 0.2) is 48.5 Å². The van der Waals surface area contributed by atoms with Crippen molar-refractivity contribution < 1.29 is 33.0 Å². The fourth-order valence-electron chi connectivity index (χ4n) is 2.88. The Morgan fingerprint density at radius 1 is 1.06 bits per heavy atom. The van der Waals surface area contributed by atoms with Gasteiger partial charge in [0.05, 0.1) is 16.9 Å². The molecule has 0 aliphatic rings. The summed E-state index contributed by atoms with van der Waals surface area (Å²) in [6.45, 7) is 0. The van der Waals surface area contributed by atoms with Gasteiger partial charge in [0, 0.05) is 22.2 Å². The lowest BCUT2D eigenvalue weighted by molar-refractivity contribution is 0.0693. The molecule has 10 heteroatoms. The van der Waals surface area contributed by atoms with Crippen molar-refractivity contribution in [1.82, 2.24) is 5.32 Å². The summed E-state index contributed by atoms with van der Waals surface area (Å²) in [6, 6.07) is 9.88. The second-order valence-electron chi connectivity index (χ2n) is 6.43. The highest BCUT2D eigenvalue weighted by molar-refractivity contribution is 14.1. The number of aromatic carboxylic acids is 1. The number of ether oxygens (including phenoxy) is 1. The van der Waals surface area contributed by atoms with Crippen LogP contribution in [0, 0.1) is 15.2 Å². The minimum absolute atomic E-state index is 0.000696. The zero-order chi connectivity index (χ0) is 23.4. The number of carbonyl (C=O) groups excluding carboxylic acids is 2. The first-order chi connectivity index (χ1) is 15.2. The van der Waals surface area contributed by atoms with Crippen LogP contribution in [0.2, 0.25) is 0 Å². The topological polar surface area (TPSA) is 105 Å². The molecule has 0 bridgehead atoms. The molecule has 32 heavy (non-hydrogen) atoms. The highest BCUT2D eigenvalue weighted by atomic mass is 127. The van der Waals surface area contributed by atoms with E-state index in [1.54, 1.807) is 6.07 Å². The van der Waals surface area contributed by atoms with E-state index in [4.69, 9.17) is 9.84 Å². The second-order valence-corrected chi connectivity index (χ2v) is 7.67. The minimum Gasteiger partial charge on any atom is -0.478 e. The lowest BCUT2D eigenvalue weighted by Crippen LogP contribution is -2.20. The van der Waals surface area contributed by atoms with Gasteiger partial charge in [0.1, 0.15) is 28.7 Å². The largest absolute Gasteiger partial charge is 0.478 e. The highest BCUT2D eigenvalue weighted by Crippen LogP contribution is 2.35. The molecule has 0 fully saturated rings. The predicted octanol–water partition coefficient (Wildman–Crippen LogP) is 4.98. The van der Waals surface area contributed by atoms with Crippen molar-refractivity contribution >= 4 is 52.1 Å². The SMILES string of the molecule is CNC(=O)c1c(Nc2ccc(I)cc2F)cc(F)cc1Oc1ccc(C(=O)O)c(C=O)c1. The Morgan fingerprint density at radius 3 is 2.44 bits per heavy atom. The smallest absolute Gasteiger partial charge is 0.336 e. The van der Waals surface area contributed by atoms with Crippen LogP contribution in [0.1, 0.15) is 31.1 Å². The molecular weight excluding hydrogens is 537 g/mol. The van der Waals surface area contributed by atoms with E-state index in [0.717, 1.165) is 24.3 Å². The van der Waals surface area contributed by atoms with Crippen molar-refractivity contribution in [2.24, 2.45) is 0 Å². The van der Waals surface area contributed by atoms with Crippen LogP contribution >= 0.6 is 22.6 Å². The van der Waals surface area contributed by atoms with E-state index >= 15 is 0 Å². The van der Waals surface area contributed by atoms with Crippen molar-refractivity contribution in [3.8, 4) is 11.5 Å². The molecule has 0 atom stereocenters. The molecule has 3 aromatic rings. The second kappa shape index (κ2) is 9.73. The fourth-order valence-corrected chi connectivity index (χ4v) is 3.33. The number of carboxylic acid groups (broad SMARTS) is 1. The van der Waals surface area contributed by atoms with Gasteiger partial charge in [-0.2, -0.15) is 0 Å². The summed E-state index contributed by atoms with van der Waals surface area (Å²) in [5, 5.41) is 14.3. The number of rotatable bonds is 7. The molecule has 0 unspecified atom stereocenters. The number of anilines is 2. The molecule has 0 radical (unpaired) electrons. The molecule has 1 amide bonds. The summed E-state index contributed by atoms with van der Waals surface area (Å²) in [6.07, 6.45) is 0.341. The molecule has 3 aromatic carbocycles. The summed E-state index contributed by atoms with van der Waals surface area (Å²) in [4.78, 5) is 35.0. The van der Waals surface area contributed by atoms with E-state index < -0.39 is 23.5 Å². The van der Waals surface area contributed by atoms with Crippen LogP contribution in [-0.2, 0) is 0 Å². The number of carboxylic acids is 1. The monoisotopic (exact) mass is 552 g/mol. The van der Waals surface area contributed by atoms with Gasteiger partial charge in [-0.1, -0.05) is 0 Å². The van der Waals surface area contributed by atoms with Gasteiger partial charge in [0.25, 0.3) is 5.91 Å². The standard InChI is InChI=1S/C22H15F2IN2O5/c1-26-21(29)20-18(27-17-5-2-13(25)9-16(17)24)7-12(23)8-19(20)32-14-3-4-15(22(30)31)11(6-14)10-28/h2-10,27H,1H3,(H,26,29)(H,30,31). The van der Waals surface area contributed by atoms with Gasteiger partial charge in [0.15, 0.2) is 6.29 Å². The average molecular weight is 552 g/mol. The molecule has 0 heterocycles. The van der Waals surface area contributed by atoms with Gasteiger partial charge >= 0.3 is 5.97 Å². The van der Waals surface area contributed by atoms with Gasteiger partial charge in [-0.3, -0.25) is 9.59 Å². The Hall–Kier alpha value is -3.54. The normalized spacial score (nSPS) is 10.4. The van der Waals surface area contributed by atoms with E-state index in [1.165, 1.54) is 25.2 Å². The molecule has 7 nitrogen and oxygen atoms in total. The third-order valence-electron chi connectivity index (χ3n) is 4.33. The Kier molecular flexibility index (Phi) is 7.03. The Bertz CT molecular complexity index is 1230. The van der Waals surface area contributed by atoms with E-state index in [1.807, 2.05) is 22.6 Å².